The molecular weight excluding hydrogens is 366 g/mol. The van der Waals surface area contributed by atoms with Gasteiger partial charge in [0.05, 0.1) is 12.6 Å². The second-order valence-electron chi connectivity index (χ2n) is 7.32. The summed E-state index contributed by atoms with van der Waals surface area (Å²) in [4.78, 5) is 24.2. The highest BCUT2D eigenvalue weighted by atomic mass is 16.5. The third-order valence-electron chi connectivity index (χ3n) is 4.33. The van der Waals surface area contributed by atoms with Gasteiger partial charge in [0.15, 0.2) is 0 Å². The molecule has 0 spiro atoms. The second-order valence-corrected chi connectivity index (χ2v) is 7.32. The first-order valence-corrected chi connectivity index (χ1v) is 10.0. The van der Waals surface area contributed by atoms with E-state index in [0.717, 1.165) is 17.7 Å². The van der Waals surface area contributed by atoms with Crippen LogP contribution < -0.4 is 20.7 Å². The number of hydrogen-bond donors (Lipinski definition) is 3. The first kappa shape index (κ1) is 22.4. The Morgan fingerprint density at radius 3 is 2.21 bits per heavy atom. The summed E-state index contributed by atoms with van der Waals surface area (Å²) in [5.74, 6) is 0.591. The van der Waals surface area contributed by atoms with Gasteiger partial charge in [-0.25, -0.2) is 0 Å². The lowest BCUT2D eigenvalue weighted by Gasteiger charge is -2.12. The Balaban J connectivity index is 1.75. The maximum Gasteiger partial charge on any atom is 0.251 e. The van der Waals surface area contributed by atoms with Crippen molar-refractivity contribution in [3.63, 3.8) is 0 Å². The smallest absolute Gasteiger partial charge is 0.251 e. The number of carbonyl (C=O) groups excluding carboxylic acids is 2. The van der Waals surface area contributed by atoms with Crippen molar-refractivity contribution in [3.05, 3.63) is 59.7 Å². The average molecular weight is 398 g/mol. The summed E-state index contributed by atoms with van der Waals surface area (Å²) in [7, 11) is 0. The maximum absolute atomic E-state index is 12.1. The molecule has 156 valence electrons. The second kappa shape index (κ2) is 11.2. The summed E-state index contributed by atoms with van der Waals surface area (Å²) in [5.41, 5.74) is 2.31. The van der Waals surface area contributed by atoms with Crippen LogP contribution in [0, 0.1) is 0 Å². The minimum atomic E-state index is -0.137. The molecule has 0 aliphatic carbocycles. The summed E-state index contributed by atoms with van der Waals surface area (Å²) < 4.78 is 5.62. The van der Waals surface area contributed by atoms with Crippen molar-refractivity contribution in [1.82, 2.24) is 10.6 Å². The Hall–Kier alpha value is -2.86. The van der Waals surface area contributed by atoms with Crippen LogP contribution in [0.15, 0.2) is 48.5 Å². The van der Waals surface area contributed by atoms with Crippen molar-refractivity contribution in [2.45, 2.75) is 52.8 Å². The quantitative estimate of drug-likeness (QED) is 0.571. The van der Waals surface area contributed by atoms with Crippen molar-refractivity contribution in [2.24, 2.45) is 0 Å². The Bertz CT molecular complexity index is 786. The number of rotatable bonds is 10. The summed E-state index contributed by atoms with van der Waals surface area (Å²) in [6, 6.07) is 14.8. The Labute approximate surface area is 173 Å². The lowest BCUT2D eigenvalue weighted by molar-refractivity contribution is -0.115. The van der Waals surface area contributed by atoms with Crippen LogP contribution in [0.5, 0.6) is 5.75 Å². The van der Waals surface area contributed by atoms with Crippen molar-refractivity contribution in [3.8, 4) is 5.75 Å². The van der Waals surface area contributed by atoms with Crippen LogP contribution in [-0.2, 0) is 11.3 Å². The largest absolute Gasteiger partial charge is 0.491 e. The van der Waals surface area contributed by atoms with E-state index >= 15 is 0 Å². The molecule has 2 amide bonds. The van der Waals surface area contributed by atoms with Gasteiger partial charge in [0.25, 0.3) is 5.91 Å². The molecule has 1 unspecified atom stereocenters. The first-order valence-electron chi connectivity index (χ1n) is 10.0. The fourth-order valence-corrected chi connectivity index (χ4v) is 2.60. The average Bonchev–Trinajstić information content (AvgIpc) is 2.69. The number of amides is 2. The van der Waals surface area contributed by atoms with E-state index in [1.807, 2.05) is 52.0 Å². The number of carbonyl (C=O) groups is 2. The summed E-state index contributed by atoms with van der Waals surface area (Å²) in [5, 5.41) is 8.86. The minimum Gasteiger partial charge on any atom is -0.491 e. The molecule has 0 aliphatic heterocycles. The van der Waals surface area contributed by atoms with Crippen molar-refractivity contribution < 1.29 is 14.3 Å². The SMILES string of the molecule is CCC(C)NC(=O)c1ccc(NC(=O)CNCc2ccc(OC(C)C)cc2)cc1. The molecular formula is C23H31N3O3. The maximum atomic E-state index is 12.1. The predicted octanol–water partition coefficient (Wildman–Crippen LogP) is 3.73. The molecule has 2 aromatic rings. The highest BCUT2D eigenvalue weighted by Crippen LogP contribution is 2.14. The van der Waals surface area contributed by atoms with Crippen molar-refractivity contribution in [2.75, 3.05) is 11.9 Å². The van der Waals surface area contributed by atoms with E-state index in [4.69, 9.17) is 4.74 Å². The standard InChI is InChI=1S/C23H31N3O3/c1-5-17(4)25-23(28)19-8-10-20(11-9-19)26-22(27)15-24-14-18-6-12-21(13-7-18)29-16(2)3/h6-13,16-17,24H,5,14-15H2,1-4H3,(H,25,28)(H,26,27). The van der Waals surface area contributed by atoms with E-state index in [2.05, 4.69) is 16.0 Å². The van der Waals surface area contributed by atoms with Gasteiger partial charge in [-0.2, -0.15) is 0 Å². The van der Waals surface area contributed by atoms with Gasteiger partial charge >= 0.3 is 0 Å². The lowest BCUT2D eigenvalue weighted by Crippen LogP contribution is -2.31. The number of anilines is 1. The summed E-state index contributed by atoms with van der Waals surface area (Å²) in [6.45, 7) is 8.75. The first-order chi connectivity index (χ1) is 13.9. The molecule has 3 N–H and O–H groups in total. The molecule has 29 heavy (non-hydrogen) atoms. The van der Waals surface area contributed by atoms with E-state index < -0.39 is 0 Å². The van der Waals surface area contributed by atoms with Gasteiger partial charge in [-0.3, -0.25) is 9.59 Å². The molecule has 0 radical (unpaired) electrons. The van der Waals surface area contributed by atoms with Crippen LogP contribution >= 0.6 is 0 Å². The van der Waals surface area contributed by atoms with Gasteiger partial charge < -0.3 is 20.7 Å². The Kier molecular flexibility index (Phi) is 8.68. The minimum absolute atomic E-state index is 0.108. The molecule has 0 saturated heterocycles. The lowest BCUT2D eigenvalue weighted by atomic mass is 10.1. The topological polar surface area (TPSA) is 79.5 Å². The van der Waals surface area contributed by atoms with E-state index in [1.165, 1.54) is 0 Å². The zero-order valence-electron chi connectivity index (χ0n) is 17.6. The molecule has 2 rings (SSSR count). The monoisotopic (exact) mass is 397 g/mol. The van der Waals surface area contributed by atoms with Crippen LogP contribution in [0.1, 0.15) is 50.0 Å². The molecule has 1 atom stereocenters. The predicted molar refractivity (Wildman–Crippen MR) is 116 cm³/mol. The Morgan fingerprint density at radius 1 is 0.966 bits per heavy atom. The van der Waals surface area contributed by atoms with E-state index in [-0.39, 0.29) is 30.5 Å². The molecule has 6 nitrogen and oxygen atoms in total. The third kappa shape index (κ3) is 7.95. The normalized spacial score (nSPS) is 11.8. The highest BCUT2D eigenvalue weighted by Gasteiger charge is 2.09. The number of benzene rings is 2. The molecule has 0 saturated carbocycles. The van der Waals surface area contributed by atoms with Crippen molar-refractivity contribution >= 4 is 17.5 Å². The molecule has 0 heterocycles. The van der Waals surface area contributed by atoms with Crippen molar-refractivity contribution in [1.29, 1.82) is 0 Å². The van der Waals surface area contributed by atoms with E-state index in [9.17, 15) is 9.59 Å². The van der Waals surface area contributed by atoms with Gasteiger partial charge in [0, 0.05) is 23.8 Å². The summed E-state index contributed by atoms with van der Waals surface area (Å²) in [6.07, 6.45) is 1.02. The van der Waals surface area contributed by atoms with Crippen LogP contribution in [0.25, 0.3) is 0 Å². The highest BCUT2D eigenvalue weighted by molar-refractivity contribution is 5.96. The molecule has 0 fully saturated rings. The number of ether oxygens (including phenoxy) is 1. The van der Waals surface area contributed by atoms with Gasteiger partial charge in [-0.15, -0.1) is 0 Å². The van der Waals surface area contributed by atoms with Crippen LogP contribution in [-0.4, -0.2) is 30.5 Å². The number of hydrogen-bond acceptors (Lipinski definition) is 4. The van der Waals surface area contributed by atoms with Crippen LogP contribution in [0.4, 0.5) is 5.69 Å². The Morgan fingerprint density at radius 2 is 1.62 bits per heavy atom. The van der Waals surface area contributed by atoms with Gasteiger partial charge in [0.2, 0.25) is 5.91 Å². The molecule has 0 aromatic heterocycles. The third-order valence-corrected chi connectivity index (χ3v) is 4.33. The zero-order valence-corrected chi connectivity index (χ0v) is 17.6. The van der Waals surface area contributed by atoms with Crippen LogP contribution in [0.2, 0.25) is 0 Å². The van der Waals surface area contributed by atoms with E-state index in [1.54, 1.807) is 24.3 Å². The summed E-state index contributed by atoms with van der Waals surface area (Å²) >= 11 is 0. The van der Waals surface area contributed by atoms with Gasteiger partial charge in [0.1, 0.15) is 5.75 Å². The van der Waals surface area contributed by atoms with Crippen LogP contribution in [0.3, 0.4) is 0 Å². The molecule has 0 aliphatic rings. The molecule has 2 aromatic carbocycles. The fourth-order valence-electron chi connectivity index (χ4n) is 2.60. The van der Waals surface area contributed by atoms with Gasteiger partial charge in [-0.05, 0) is 69.2 Å². The molecule has 0 bridgehead atoms. The molecule has 6 heteroatoms. The fraction of sp³-hybridized carbons (Fsp3) is 0.391. The zero-order chi connectivity index (χ0) is 21.2. The number of nitrogens with one attached hydrogen (secondary N) is 3. The van der Waals surface area contributed by atoms with Gasteiger partial charge in [-0.1, -0.05) is 19.1 Å². The van der Waals surface area contributed by atoms with E-state index in [0.29, 0.717) is 17.8 Å².